The van der Waals surface area contributed by atoms with Gasteiger partial charge in [-0.05, 0) is 86.8 Å². The first kappa shape index (κ1) is 43.8. The molecule has 5 heterocycles. The summed E-state index contributed by atoms with van der Waals surface area (Å²) in [5.41, 5.74) is -0.393. The summed E-state index contributed by atoms with van der Waals surface area (Å²) >= 11 is 3.18. The fourth-order valence-corrected chi connectivity index (χ4v) is 8.87. The summed E-state index contributed by atoms with van der Waals surface area (Å²) in [6.45, 7) is 10.2. The average molecular weight is 904 g/mol. The first-order valence-corrected chi connectivity index (χ1v) is 21.0. The van der Waals surface area contributed by atoms with Gasteiger partial charge in [0.1, 0.15) is 21.7 Å². The lowest BCUT2D eigenvalue weighted by molar-refractivity contribution is -0.137. The largest absolute Gasteiger partial charge is 0.498 e. The lowest BCUT2D eigenvalue weighted by Crippen LogP contribution is -2.41. The maximum atomic E-state index is 14.8. The van der Waals surface area contributed by atoms with E-state index in [0.29, 0.717) is 35.0 Å². The number of aromatic nitrogens is 7. The van der Waals surface area contributed by atoms with Crippen molar-refractivity contribution in [3.63, 3.8) is 0 Å². The van der Waals surface area contributed by atoms with E-state index in [1.807, 2.05) is 40.8 Å². The molecule has 6 rings (SSSR count). The minimum atomic E-state index is -4.84. The molecule has 0 radical (unpaired) electrons. The first-order valence-electron chi connectivity index (χ1n) is 18.4. The Kier molecular flexibility index (Phi) is 12.6. The number of carbonyl (C=O) groups excluding carboxylic acids is 1. The minimum Gasteiger partial charge on any atom is -0.495 e. The minimum absolute atomic E-state index is 0.0215. The molecule has 0 bridgehead atoms. The van der Waals surface area contributed by atoms with E-state index in [0.717, 1.165) is 5.46 Å². The molecule has 4 aromatic heterocycles. The molecule has 0 spiro atoms. The number of nitrogens with one attached hydrogen (secondary N) is 3. The summed E-state index contributed by atoms with van der Waals surface area (Å²) in [7, 11) is 0.306. The van der Waals surface area contributed by atoms with Crippen molar-refractivity contribution in [3.8, 4) is 5.75 Å². The molecule has 0 saturated carbocycles. The maximum absolute atomic E-state index is 14.8. The number of nitrogens with zero attached hydrogens (tertiary/aromatic N) is 7. The van der Waals surface area contributed by atoms with Gasteiger partial charge in [0.25, 0.3) is 13.3 Å². The quantitative estimate of drug-likeness (QED) is 0.0603. The topological polar surface area (TPSA) is 181 Å². The standard InChI is InChI=1S/C37H44BBrF3N10O6P/c1-22(13-15-52-20-24(18-46-52)38-57-35(2,3)36(4,5)58-38)56-59(54,34-44-14-16-51(34)7)21-23-9-10-26(28(17-23)55-8)48-33-45-19-25(37(40,41)42)31(50-33)47-27-11-12-29(39)49-30(27)32(53)43-6/h9-12,14,16-20,22H,13,15,21H2,1-8H3,(H,43,53)(H2,45,47,48,50)/t22-,59?/m1/s1. The number of anilines is 4. The number of hydrogen-bond acceptors (Lipinski definition) is 13. The highest BCUT2D eigenvalue weighted by Gasteiger charge is 2.52. The Morgan fingerprint density at radius 2 is 1.76 bits per heavy atom. The number of halogens is 4. The van der Waals surface area contributed by atoms with E-state index < -0.39 is 55.3 Å². The van der Waals surface area contributed by atoms with Crippen LogP contribution in [-0.4, -0.2) is 78.8 Å². The van der Waals surface area contributed by atoms with E-state index in [1.165, 1.54) is 26.3 Å². The molecular formula is C37H44BBrF3N10O6P. The number of benzene rings is 1. The van der Waals surface area contributed by atoms with Crippen LogP contribution in [0, 0.1) is 0 Å². The predicted octanol–water partition coefficient (Wildman–Crippen LogP) is 6.34. The van der Waals surface area contributed by atoms with Crippen LogP contribution in [0.2, 0.25) is 0 Å². The van der Waals surface area contributed by atoms with Crippen molar-refractivity contribution in [2.75, 3.05) is 24.8 Å². The van der Waals surface area contributed by atoms with Crippen molar-refractivity contribution in [3.05, 3.63) is 82.7 Å². The fourth-order valence-electron chi connectivity index (χ4n) is 6.10. The number of alkyl halides is 3. The predicted molar refractivity (Wildman–Crippen MR) is 219 cm³/mol. The van der Waals surface area contributed by atoms with Gasteiger partial charge >= 0.3 is 13.3 Å². The van der Waals surface area contributed by atoms with Gasteiger partial charge in [-0.15, -0.1) is 0 Å². The molecule has 1 saturated heterocycles. The van der Waals surface area contributed by atoms with Crippen LogP contribution < -0.4 is 31.7 Å². The molecule has 2 atom stereocenters. The Balaban J connectivity index is 1.19. The molecule has 1 fully saturated rings. The zero-order valence-electron chi connectivity index (χ0n) is 33.6. The van der Waals surface area contributed by atoms with E-state index in [9.17, 15) is 22.5 Å². The molecule has 3 N–H and O–H groups in total. The summed E-state index contributed by atoms with van der Waals surface area (Å²) in [5, 5.41) is 12.4. The van der Waals surface area contributed by atoms with Crippen molar-refractivity contribution in [2.24, 2.45) is 7.05 Å². The van der Waals surface area contributed by atoms with Crippen LogP contribution in [0.15, 0.2) is 65.9 Å². The van der Waals surface area contributed by atoms with E-state index in [1.54, 1.807) is 53.1 Å². The molecule has 1 aliphatic heterocycles. The molecule has 22 heteroatoms. The highest BCUT2D eigenvalue weighted by atomic mass is 79.9. The second-order valence-corrected chi connectivity index (χ2v) is 17.9. The molecule has 1 aromatic carbocycles. The number of rotatable bonds is 15. The molecule has 314 valence electrons. The summed E-state index contributed by atoms with van der Waals surface area (Å²) in [6, 6.07) is 7.78. The summed E-state index contributed by atoms with van der Waals surface area (Å²) in [4.78, 5) is 29.0. The maximum Gasteiger partial charge on any atom is 0.498 e. The van der Waals surface area contributed by atoms with Gasteiger partial charge in [0.05, 0.1) is 42.0 Å². The number of hydrogen-bond donors (Lipinski definition) is 3. The third-order valence-electron chi connectivity index (χ3n) is 9.95. The first-order chi connectivity index (χ1) is 27.7. The molecule has 16 nitrogen and oxygen atoms in total. The monoisotopic (exact) mass is 902 g/mol. The Hall–Kier alpha value is -4.82. The fraction of sp³-hybridized carbons (Fsp3) is 0.405. The normalized spacial score (nSPS) is 16.4. The Morgan fingerprint density at radius 3 is 2.41 bits per heavy atom. The molecule has 5 aromatic rings. The highest BCUT2D eigenvalue weighted by molar-refractivity contribution is 9.10. The van der Waals surface area contributed by atoms with Gasteiger partial charge < -0.3 is 39.1 Å². The lowest BCUT2D eigenvalue weighted by Gasteiger charge is -2.32. The van der Waals surface area contributed by atoms with Gasteiger partial charge in [-0.1, -0.05) is 6.07 Å². The molecule has 1 amide bonds. The number of aryl methyl sites for hydroxylation is 2. The second-order valence-electron chi connectivity index (χ2n) is 14.8. The number of methoxy groups -OCH3 is 1. The number of ether oxygens (including phenoxy) is 1. The van der Waals surface area contributed by atoms with Crippen LogP contribution in [0.3, 0.4) is 0 Å². The zero-order valence-corrected chi connectivity index (χ0v) is 36.1. The van der Waals surface area contributed by atoms with Crippen LogP contribution in [0.4, 0.5) is 36.3 Å². The van der Waals surface area contributed by atoms with E-state index in [-0.39, 0.29) is 34.8 Å². The highest BCUT2D eigenvalue weighted by Crippen LogP contribution is 2.51. The van der Waals surface area contributed by atoms with E-state index >= 15 is 0 Å². The average Bonchev–Trinajstić information content (AvgIpc) is 3.88. The zero-order chi connectivity index (χ0) is 42.9. The van der Waals surface area contributed by atoms with E-state index in [2.05, 4.69) is 56.9 Å². The van der Waals surface area contributed by atoms with Gasteiger partial charge in [0.2, 0.25) is 5.95 Å². The third-order valence-corrected chi connectivity index (χ3v) is 12.9. The van der Waals surface area contributed by atoms with Crippen LogP contribution in [-0.2, 0) is 44.3 Å². The van der Waals surface area contributed by atoms with Crippen molar-refractivity contribution in [1.29, 1.82) is 0 Å². The van der Waals surface area contributed by atoms with Gasteiger partial charge in [0, 0.05) is 57.1 Å². The number of carbonyl (C=O) groups is 1. The van der Waals surface area contributed by atoms with Crippen LogP contribution in [0.5, 0.6) is 5.75 Å². The second kappa shape index (κ2) is 17.0. The smallest absolute Gasteiger partial charge is 0.495 e. The van der Waals surface area contributed by atoms with Crippen LogP contribution in [0.25, 0.3) is 0 Å². The molecule has 1 unspecified atom stereocenters. The van der Waals surface area contributed by atoms with Gasteiger partial charge in [-0.25, -0.2) is 15.0 Å². The molecule has 1 aliphatic rings. The molecule has 0 aliphatic carbocycles. The van der Waals surface area contributed by atoms with Crippen molar-refractivity contribution >= 4 is 70.5 Å². The van der Waals surface area contributed by atoms with Gasteiger partial charge in [-0.2, -0.15) is 23.3 Å². The Morgan fingerprint density at radius 1 is 1.05 bits per heavy atom. The SMILES string of the molecule is CNC(=O)c1nc(Br)ccc1Nc1nc(Nc2ccc(CP(=O)(O[C@H](C)CCn3cc(B4OC(C)(C)C(C)(C)O4)cn3)c3nccn3C)cc2OC)ncc1C(F)(F)F. The van der Waals surface area contributed by atoms with Crippen LogP contribution >= 0.6 is 23.3 Å². The third kappa shape index (κ3) is 9.81. The summed E-state index contributed by atoms with van der Waals surface area (Å²) < 4.78 is 85.1. The lowest BCUT2D eigenvalue weighted by atomic mass is 9.82. The molecular weight excluding hydrogens is 859 g/mol. The summed E-state index contributed by atoms with van der Waals surface area (Å²) in [6.07, 6.45) is 2.53. The van der Waals surface area contributed by atoms with Gasteiger partial charge in [-0.3, -0.25) is 14.0 Å². The van der Waals surface area contributed by atoms with E-state index in [4.69, 9.17) is 18.6 Å². The van der Waals surface area contributed by atoms with Crippen LogP contribution in [0.1, 0.15) is 62.7 Å². The number of amides is 1. The van der Waals surface area contributed by atoms with Crippen molar-refractivity contribution in [1.82, 2.24) is 39.6 Å². The Labute approximate surface area is 347 Å². The molecule has 59 heavy (non-hydrogen) atoms. The number of pyridine rings is 1. The van der Waals surface area contributed by atoms with Crippen molar-refractivity contribution in [2.45, 2.75) is 77.2 Å². The number of imidazole rings is 1. The van der Waals surface area contributed by atoms with Gasteiger partial charge in [0.15, 0.2) is 11.3 Å². The summed E-state index contributed by atoms with van der Waals surface area (Å²) in [5.74, 6) is -1.21. The Bertz CT molecular complexity index is 2360. The van der Waals surface area contributed by atoms with Crippen molar-refractivity contribution < 1.29 is 41.1 Å².